The molecular weight excluding hydrogens is 672 g/mol. The van der Waals surface area contributed by atoms with Crippen LogP contribution in [0.1, 0.15) is 27.8 Å². The van der Waals surface area contributed by atoms with Crippen LogP contribution >= 0.6 is 0 Å². The minimum absolute atomic E-state index is 0.211. The Morgan fingerprint density at radius 3 is 0.868 bits per heavy atom. The standard InChI is InChI=1S/C44H48O9/c1-46-36-20-14-33(15-21-36)28-50-41-39(45)40(49-26-31-10-6-4-7-11-31)42(51-29-34-16-22-37(47-2)23-17-34)44(53-27-32-12-8-5-9-13-32)43(41)52-30-35-18-24-38(48-3)25-19-35/h4-25,39-45H,26-30H2,1-3H3/t39-,40+,41-,42-,43+,44+/m0/s1. The van der Waals surface area contributed by atoms with Crippen molar-refractivity contribution >= 4 is 0 Å². The molecule has 1 saturated carbocycles. The third-order valence-corrected chi connectivity index (χ3v) is 9.34. The first kappa shape index (κ1) is 38.0. The normalized spacial score (nSPS) is 21.2. The van der Waals surface area contributed by atoms with E-state index in [1.165, 1.54) is 0 Å². The van der Waals surface area contributed by atoms with Gasteiger partial charge in [-0.25, -0.2) is 0 Å². The third kappa shape index (κ3) is 10.4. The van der Waals surface area contributed by atoms with Crippen molar-refractivity contribution in [3.63, 3.8) is 0 Å². The Morgan fingerprint density at radius 2 is 0.585 bits per heavy atom. The van der Waals surface area contributed by atoms with Crippen molar-refractivity contribution in [3.05, 3.63) is 161 Å². The summed E-state index contributed by atoms with van der Waals surface area (Å²) >= 11 is 0. The SMILES string of the molecule is COc1ccc(CO[C@@H]2[C@@H](OCc3ccccc3)[C@H](OCc3ccc(OC)cc3)[C@@H](OCc3ccc(OC)cc3)[C@@H](O)[C@H]2OCc2ccccc2)cc1. The molecule has 0 bridgehead atoms. The maximum absolute atomic E-state index is 12.3. The second kappa shape index (κ2) is 19.4. The fourth-order valence-electron chi connectivity index (χ4n) is 6.37. The Labute approximate surface area is 311 Å². The van der Waals surface area contributed by atoms with E-state index in [4.69, 9.17) is 37.9 Å². The van der Waals surface area contributed by atoms with Gasteiger partial charge in [-0.1, -0.05) is 97.1 Å². The molecule has 1 aliphatic carbocycles. The topological polar surface area (TPSA) is 94.1 Å². The van der Waals surface area contributed by atoms with Crippen LogP contribution in [0, 0.1) is 0 Å². The van der Waals surface area contributed by atoms with Crippen LogP contribution in [-0.4, -0.2) is 63.1 Å². The van der Waals surface area contributed by atoms with Gasteiger partial charge in [-0.3, -0.25) is 0 Å². The number of aliphatic hydroxyl groups excluding tert-OH is 1. The molecule has 1 aliphatic rings. The monoisotopic (exact) mass is 720 g/mol. The number of hydrogen-bond donors (Lipinski definition) is 1. The molecule has 0 radical (unpaired) electrons. The molecule has 0 amide bonds. The number of benzene rings is 5. The van der Waals surface area contributed by atoms with Crippen LogP contribution in [0.4, 0.5) is 0 Å². The zero-order valence-corrected chi connectivity index (χ0v) is 30.4. The molecule has 9 heteroatoms. The molecule has 9 nitrogen and oxygen atoms in total. The Morgan fingerprint density at radius 1 is 0.340 bits per heavy atom. The smallest absolute Gasteiger partial charge is 0.118 e. The molecule has 278 valence electrons. The molecule has 0 aromatic heterocycles. The van der Waals surface area contributed by atoms with Crippen molar-refractivity contribution in [2.45, 2.75) is 69.7 Å². The summed E-state index contributed by atoms with van der Waals surface area (Å²) < 4.78 is 49.6. The third-order valence-electron chi connectivity index (χ3n) is 9.34. The van der Waals surface area contributed by atoms with Crippen molar-refractivity contribution in [2.24, 2.45) is 0 Å². The van der Waals surface area contributed by atoms with E-state index in [9.17, 15) is 5.11 Å². The van der Waals surface area contributed by atoms with E-state index >= 15 is 0 Å². The van der Waals surface area contributed by atoms with Gasteiger partial charge in [0.15, 0.2) is 0 Å². The van der Waals surface area contributed by atoms with Crippen LogP contribution in [0.5, 0.6) is 17.2 Å². The molecular formula is C44H48O9. The molecule has 6 atom stereocenters. The summed E-state index contributed by atoms with van der Waals surface area (Å²) in [6, 6.07) is 42.8. The van der Waals surface area contributed by atoms with Crippen LogP contribution in [0.3, 0.4) is 0 Å². The minimum Gasteiger partial charge on any atom is -0.497 e. The molecule has 6 rings (SSSR count). The van der Waals surface area contributed by atoms with E-state index in [0.717, 1.165) is 45.1 Å². The highest BCUT2D eigenvalue weighted by atomic mass is 16.6. The zero-order chi connectivity index (χ0) is 36.8. The van der Waals surface area contributed by atoms with Gasteiger partial charge in [-0.15, -0.1) is 0 Å². The Bertz CT molecular complexity index is 1770. The van der Waals surface area contributed by atoms with Gasteiger partial charge in [0.05, 0.1) is 54.4 Å². The summed E-state index contributed by atoms with van der Waals surface area (Å²) in [5.41, 5.74) is 4.71. The zero-order valence-electron chi connectivity index (χ0n) is 30.4. The van der Waals surface area contributed by atoms with Crippen LogP contribution in [0.2, 0.25) is 0 Å². The van der Waals surface area contributed by atoms with Crippen molar-refractivity contribution in [3.8, 4) is 17.2 Å². The second-order valence-corrected chi connectivity index (χ2v) is 12.9. The van der Waals surface area contributed by atoms with Crippen LogP contribution in [-0.2, 0) is 56.7 Å². The fourth-order valence-corrected chi connectivity index (χ4v) is 6.37. The average Bonchev–Trinajstić information content (AvgIpc) is 3.22. The van der Waals surface area contributed by atoms with Crippen molar-refractivity contribution < 1.29 is 43.0 Å². The highest BCUT2D eigenvalue weighted by Crippen LogP contribution is 2.35. The Kier molecular flexibility index (Phi) is 13.9. The van der Waals surface area contributed by atoms with Gasteiger partial charge in [-0.2, -0.15) is 0 Å². The lowest BCUT2D eigenvalue weighted by atomic mass is 9.83. The van der Waals surface area contributed by atoms with Gasteiger partial charge >= 0.3 is 0 Å². The maximum atomic E-state index is 12.3. The molecule has 1 fully saturated rings. The first-order valence-electron chi connectivity index (χ1n) is 17.8. The van der Waals surface area contributed by atoms with E-state index in [0.29, 0.717) is 0 Å². The van der Waals surface area contributed by atoms with E-state index in [2.05, 4.69) is 0 Å². The van der Waals surface area contributed by atoms with Crippen molar-refractivity contribution in [1.82, 2.24) is 0 Å². The quantitative estimate of drug-likeness (QED) is 0.100. The number of aliphatic hydroxyl groups is 1. The summed E-state index contributed by atoms with van der Waals surface area (Å²) in [7, 11) is 4.90. The lowest BCUT2D eigenvalue weighted by Crippen LogP contribution is -2.66. The van der Waals surface area contributed by atoms with E-state index < -0.39 is 36.6 Å². The molecule has 53 heavy (non-hydrogen) atoms. The highest BCUT2D eigenvalue weighted by molar-refractivity contribution is 5.29. The van der Waals surface area contributed by atoms with Crippen molar-refractivity contribution in [2.75, 3.05) is 21.3 Å². The number of methoxy groups -OCH3 is 3. The molecule has 0 heterocycles. The van der Waals surface area contributed by atoms with Gasteiger partial charge < -0.3 is 43.0 Å². The van der Waals surface area contributed by atoms with Crippen LogP contribution in [0.25, 0.3) is 0 Å². The van der Waals surface area contributed by atoms with Crippen molar-refractivity contribution in [1.29, 1.82) is 0 Å². The molecule has 5 aromatic carbocycles. The highest BCUT2D eigenvalue weighted by Gasteiger charge is 2.54. The molecule has 5 aromatic rings. The first-order chi connectivity index (χ1) is 26.0. The minimum atomic E-state index is -1.14. The fraction of sp³-hybridized carbons (Fsp3) is 0.318. The molecule has 0 aliphatic heterocycles. The maximum Gasteiger partial charge on any atom is 0.118 e. The predicted molar refractivity (Wildman–Crippen MR) is 201 cm³/mol. The average molecular weight is 721 g/mol. The van der Waals surface area contributed by atoms with E-state index in [1.807, 2.05) is 133 Å². The predicted octanol–water partition coefficient (Wildman–Crippen LogP) is 7.31. The lowest BCUT2D eigenvalue weighted by Gasteiger charge is -2.48. The summed E-state index contributed by atoms with van der Waals surface area (Å²) in [4.78, 5) is 0. The van der Waals surface area contributed by atoms with E-state index in [1.54, 1.807) is 21.3 Å². The largest absolute Gasteiger partial charge is 0.497 e. The summed E-state index contributed by atoms with van der Waals surface area (Å²) in [6.45, 7) is 1.21. The summed E-state index contributed by atoms with van der Waals surface area (Å²) in [5, 5.41) is 12.3. The van der Waals surface area contributed by atoms with Crippen LogP contribution < -0.4 is 14.2 Å². The Hall–Kier alpha value is -4.74. The molecule has 1 N–H and O–H groups in total. The van der Waals surface area contributed by atoms with Gasteiger partial charge in [0.1, 0.15) is 53.9 Å². The van der Waals surface area contributed by atoms with Gasteiger partial charge in [0, 0.05) is 0 Å². The van der Waals surface area contributed by atoms with Gasteiger partial charge in [0.2, 0.25) is 0 Å². The summed E-state index contributed by atoms with van der Waals surface area (Å²) in [6.07, 6.45) is -5.05. The number of hydrogen-bond acceptors (Lipinski definition) is 9. The van der Waals surface area contributed by atoms with E-state index in [-0.39, 0.29) is 33.0 Å². The number of rotatable bonds is 18. The molecule has 0 unspecified atom stereocenters. The number of ether oxygens (including phenoxy) is 8. The lowest BCUT2D eigenvalue weighted by molar-refractivity contribution is -0.283. The second-order valence-electron chi connectivity index (χ2n) is 12.9. The molecule has 0 saturated heterocycles. The van der Waals surface area contributed by atoms with Crippen LogP contribution in [0.15, 0.2) is 133 Å². The first-order valence-corrected chi connectivity index (χ1v) is 17.8. The summed E-state index contributed by atoms with van der Waals surface area (Å²) in [5.74, 6) is 2.24. The van der Waals surface area contributed by atoms with Gasteiger partial charge in [-0.05, 0) is 64.2 Å². The van der Waals surface area contributed by atoms with Gasteiger partial charge in [0.25, 0.3) is 0 Å². The molecule has 0 spiro atoms. The Balaban J connectivity index is 1.35.